The molecular weight excluding hydrogens is 372 g/mol. The highest BCUT2D eigenvalue weighted by Crippen LogP contribution is 2.30. The van der Waals surface area contributed by atoms with Crippen LogP contribution in [0.4, 0.5) is 0 Å². The number of benzene rings is 2. The number of amides is 1. The minimum Gasteiger partial charge on any atom is -0.330 e. The van der Waals surface area contributed by atoms with Crippen LogP contribution < -0.4 is 0 Å². The van der Waals surface area contributed by atoms with Crippen LogP contribution in [0.5, 0.6) is 0 Å². The third-order valence-electron chi connectivity index (χ3n) is 5.51. The lowest BCUT2D eigenvalue weighted by Gasteiger charge is -2.34. The first-order valence-electron chi connectivity index (χ1n) is 10.0. The highest BCUT2D eigenvalue weighted by molar-refractivity contribution is 5.93. The number of hydrogen-bond donors (Lipinski definition) is 0. The molecule has 3 heterocycles. The van der Waals surface area contributed by atoms with E-state index in [1.54, 1.807) is 16.8 Å². The monoisotopic (exact) mass is 392 g/mol. The van der Waals surface area contributed by atoms with E-state index in [9.17, 15) is 4.79 Å². The minimum atomic E-state index is -0.0700. The van der Waals surface area contributed by atoms with Crippen LogP contribution in [-0.4, -0.2) is 31.9 Å². The Morgan fingerprint density at radius 3 is 2.67 bits per heavy atom. The molecule has 1 aliphatic heterocycles. The third kappa shape index (κ3) is 3.33. The highest BCUT2D eigenvalue weighted by Gasteiger charge is 2.29. The summed E-state index contributed by atoms with van der Waals surface area (Å²) in [6.07, 6.45) is 4.38. The summed E-state index contributed by atoms with van der Waals surface area (Å²) in [6, 6.07) is 19.9. The molecule has 5 heteroatoms. The predicted molar refractivity (Wildman–Crippen MR) is 115 cm³/mol. The van der Waals surface area contributed by atoms with Crippen LogP contribution in [0.25, 0.3) is 5.65 Å². The van der Waals surface area contributed by atoms with Gasteiger partial charge in [-0.1, -0.05) is 54.3 Å². The topological polar surface area (TPSA) is 50.5 Å². The molecule has 0 saturated heterocycles. The maximum absolute atomic E-state index is 13.2. The zero-order valence-electron chi connectivity index (χ0n) is 16.6. The van der Waals surface area contributed by atoms with Crippen LogP contribution in [0.2, 0.25) is 0 Å². The molecule has 0 fully saturated rings. The molecule has 30 heavy (non-hydrogen) atoms. The van der Waals surface area contributed by atoms with Gasteiger partial charge >= 0.3 is 0 Å². The van der Waals surface area contributed by atoms with Crippen molar-refractivity contribution in [3.63, 3.8) is 0 Å². The minimum absolute atomic E-state index is 0.0209. The molecule has 0 saturated carbocycles. The molecule has 0 radical (unpaired) electrons. The molecule has 5 rings (SSSR count). The zero-order valence-corrected chi connectivity index (χ0v) is 16.6. The summed E-state index contributed by atoms with van der Waals surface area (Å²) in [5, 5.41) is 4.49. The molecule has 5 nitrogen and oxygen atoms in total. The average Bonchev–Trinajstić information content (AvgIpc) is 3.22. The van der Waals surface area contributed by atoms with Gasteiger partial charge in [0, 0.05) is 30.6 Å². The number of carbonyl (C=O) groups is 1. The lowest BCUT2D eigenvalue weighted by atomic mass is 9.93. The molecule has 2 aromatic heterocycles. The van der Waals surface area contributed by atoms with Crippen LogP contribution in [0, 0.1) is 11.8 Å². The van der Waals surface area contributed by atoms with Crippen molar-refractivity contribution >= 4 is 11.6 Å². The van der Waals surface area contributed by atoms with E-state index in [-0.39, 0.29) is 11.9 Å². The van der Waals surface area contributed by atoms with Crippen molar-refractivity contribution in [1.82, 2.24) is 19.5 Å². The Morgan fingerprint density at radius 2 is 1.80 bits per heavy atom. The highest BCUT2D eigenvalue weighted by atomic mass is 16.2. The number of carbonyl (C=O) groups excluding carboxylic acids is 1. The molecule has 1 atom stereocenters. The second kappa shape index (κ2) is 7.49. The molecular formula is C25H20N4O. The van der Waals surface area contributed by atoms with Gasteiger partial charge in [-0.05, 0) is 36.6 Å². The van der Waals surface area contributed by atoms with E-state index in [0.29, 0.717) is 17.9 Å². The summed E-state index contributed by atoms with van der Waals surface area (Å²) in [5.41, 5.74) is 5.24. The van der Waals surface area contributed by atoms with Gasteiger partial charge in [-0.3, -0.25) is 4.79 Å². The van der Waals surface area contributed by atoms with E-state index in [1.807, 2.05) is 47.5 Å². The van der Waals surface area contributed by atoms with Crippen LogP contribution in [-0.2, 0) is 6.42 Å². The van der Waals surface area contributed by atoms with Gasteiger partial charge in [-0.2, -0.15) is 5.10 Å². The second-order valence-electron chi connectivity index (χ2n) is 7.41. The summed E-state index contributed by atoms with van der Waals surface area (Å²) in [6.45, 7) is 2.76. The van der Waals surface area contributed by atoms with E-state index in [4.69, 9.17) is 0 Å². The maximum Gasteiger partial charge on any atom is 0.274 e. The van der Waals surface area contributed by atoms with E-state index in [1.165, 1.54) is 11.1 Å². The largest absolute Gasteiger partial charge is 0.330 e. The van der Waals surface area contributed by atoms with E-state index in [2.05, 4.69) is 47.0 Å². The van der Waals surface area contributed by atoms with Crippen molar-refractivity contribution in [2.75, 3.05) is 6.54 Å². The van der Waals surface area contributed by atoms with Crippen molar-refractivity contribution in [2.24, 2.45) is 0 Å². The molecule has 1 amide bonds. The lowest BCUT2D eigenvalue weighted by Crippen LogP contribution is -2.39. The number of rotatable bonds is 1. The fourth-order valence-electron chi connectivity index (χ4n) is 3.91. The Labute approximate surface area is 175 Å². The molecule has 0 bridgehead atoms. The van der Waals surface area contributed by atoms with Crippen LogP contribution in [0.3, 0.4) is 0 Å². The quantitative estimate of drug-likeness (QED) is 0.462. The average molecular weight is 392 g/mol. The molecule has 1 aliphatic rings. The summed E-state index contributed by atoms with van der Waals surface area (Å²) < 4.78 is 1.63. The third-order valence-corrected chi connectivity index (χ3v) is 5.51. The molecule has 0 N–H and O–H groups in total. The van der Waals surface area contributed by atoms with Gasteiger partial charge in [-0.15, -0.1) is 0 Å². The number of nitrogens with zero attached hydrogens (tertiary/aromatic N) is 4. The van der Waals surface area contributed by atoms with Gasteiger partial charge in [0.1, 0.15) is 0 Å². The van der Waals surface area contributed by atoms with Crippen molar-refractivity contribution in [1.29, 1.82) is 0 Å². The molecule has 146 valence electrons. The van der Waals surface area contributed by atoms with Gasteiger partial charge in [0.2, 0.25) is 0 Å². The fourth-order valence-corrected chi connectivity index (χ4v) is 3.91. The first-order valence-corrected chi connectivity index (χ1v) is 10.0. The zero-order chi connectivity index (χ0) is 20.5. The van der Waals surface area contributed by atoms with E-state index in [0.717, 1.165) is 17.5 Å². The van der Waals surface area contributed by atoms with Gasteiger partial charge in [0.15, 0.2) is 11.3 Å². The lowest BCUT2D eigenvalue weighted by molar-refractivity contribution is 0.0671. The Morgan fingerprint density at radius 1 is 1.03 bits per heavy atom. The van der Waals surface area contributed by atoms with Gasteiger partial charge in [0.25, 0.3) is 5.91 Å². The molecule has 2 aromatic carbocycles. The van der Waals surface area contributed by atoms with Crippen LogP contribution in [0.15, 0.2) is 73.1 Å². The van der Waals surface area contributed by atoms with Crippen LogP contribution >= 0.6 is 0 Å². The smallest absolute Gasteiger partial charge is 0.274 e. The van der Waals surface area contributed by atoms with Crippen molar-refractivity contribution < 1.29 is 4.79 Å². The van der Waals surface area contributed by atoms with Crippen molar-refractivity contribution in [3.8, 4) is 11.8 Å². The Balaban J connectivity index is 1.42. The summed E-state index contributed by atoms with van der Waals surface area (Å²) >= 11 is 0. The first-order chi connectivity index (χ1) is 14.7. The summed E-state index contributed by atoms with van der Waals surface area (Å²) in [7, 11) is 0. The number of aromatic nitrogens is 3. The first kappa shape index (κ1) is 18.1. The summed E-state index contributed by atoms with van der Waals surface area (Å²) in [5.74, 6) is 6.15. The Bertz CT molecular complexity index is 1300. The van der Waals surface area contributed by atoms with Gasteiger partial charge in [-0.25, -0.2) is 9.50 Å². The van der Waals surface area contributed by atoms with Gasteiger partial charge in [0.05, 0.1) is 11.6 Å². The molecule has 4 aromatic rings. The molecule has 0 aliphatic carbocycles. The number of hydrogen-bond acceptors (Lipinski definition) is 3. The fraction of sp³-hybridized carbons (Fsp3) is 0.160. The van der Waals surface area contributed by atoms with E-state index < -0.39 is 0 Å². The van der Waals surface area contributed by atoms with E-state index >= 15 is 0 Å². The van der Waals surface area contributed by atoms with Gasteiger partial charge < -0.3 is 4.90 Å². The Kier molecular flexibility index (Phi) is 4.53. The van der Waals surface area contributed by atoms with Crippen molar-refractivity contribution in [2.45, 2.75) is 19.4 Å². The molecule has 1 unspecified atom stereocenters. The SMILES string of the molecule is CC1c2ccccc2CCN1C(=O)c1cc2ncc(C#Cc3ccccc3)cn2n1. The standard InChI is InChI=1S/C25H20N4O/c1-18-22-10-6-5-9-21(22)13-14-28(18)25(30)23-15-24-26-16-20(17-29(24)27-23)12-11-19-7-3-2-4-8-19/h2-10,15-18H,13-14H2,1H3. The maximum atomic E-state index is 13.2. The normalized spacial score (nSPS) is 15.4. The van der Waals surface area contributed by atoms with Crippen molar-refractivity contribution in [3.05, 3.63) is 101 Å². The predicted octanol–water partition coefficient (Wildman–Crippen LogP) is 3.89. The molecule has 0 spiro atoms. The van der Waals surface area contributed by atoms with Crippen LogP contribution in [0.1, 0.15) is 45.7 Å². The Hall–Kier alpha value is -3.91. The summed E-state index contributed by atoms with van der Waals surface area (Å²) in [4.78, 5) is 19.5. The second-order valence-corrected chi connectivity index (χ2v) is 7.41. The number of fused-ring (bicyclic) bond motifs is 2.